The van der Waals surface area contributed by atoms with Gasteiger partial charge < -0.3 is 5.32 Å². The van der Waals surface area contributed by atoms with Crippen molar-refractivity contribution in [3.63, 3.8) is 0 Å². The van der Waals surface area contributed by atoms with Crippen LogP contribution < -0.4 is 5.32 Å². The van der Waals surface area contributed by atoms with Gasteiger partial charge in [0.25, 0.3) is 0 Å². The van der Waals surface area contributed by atoms with E-state index in [2.05, 4.69) is 55.6 Å². The molecule has 1 aliphatic rings. The molecule has 106 valence electrons. The van der Waals surface area contributed by atoms with Crippen LogP contribution in [0.2, 0.25) is 0 Å². The summed E-state index contributed by atoms with van der Waals surface area (Å²) in [5.74, 6) is 0. The van der Waals surface area contributed by atoms with Crippen molar-refractivity contribution in [2.45, 2.75) is 52.1 Å². The molecule has 2 heteroatoms. The number of nitrogens with one attached hydrogen (secondary N) is 1. The molecule has 1 fully saturated rings. The van der Waals surface area contributed by atoms with Crippen molar-refractivity contribution in [2.24, 2.45) is 5.41 Å². The molecule has 1 saturated carbocycles. The van der Waals surface area contributed by atoms with Crippen LogP contribution in [0.5, 0.6) is 0 Å². The van der Waals surface area contributed by atoms with E-state index in [9.17, 15) is 0 Å². The lowest BCUT2D eigenvalue weighted by atomic mass is 9.73. The zero-order valence-corrected chi connectivity index (χ0v) is 12.5. The van der Waals surface area contributed by atoms with E-state index >= 15 is 0 Å². The monoisotopic (exact) mass is 268 g/mol. The van der Waals surface area contributed by atoms with Crippen molar-refractivity contribution in [1.82, 2.24) is 10.3 Å². The normalized spacial score (nSPS) is 22.0. The molecule has 0 amide bonds. The highest BCUT2D eigenvalue weighted by molar-refractivity contribution is 5.78. The minimum absolute atomic E-state index is 0.412. The van der Waals surface area contributed by atoms with Gasteiger partial charge in [-0.15, -0.1) is 0 Å². The van der Waals surface area contributed by atoms with Gasteiger partial charge in [0.1, 0.15) is 0 Å². The van der Waals surface area contributed by atoms with Gasteiger partial charge in [0.15, 0.2) is 0 Å². The molecule has 0 radical (unpaired) electrons. The lowest BCUT2D eigenvalue weighted by molar-refractivity contribution is 0.166. The highest BCUT2D eigenvalue weighted by Crippen LogP contribution is 2.35. The van der Waals surface area contributed by atoms with Gasteiger partial charge in [-0.25, -0.2) is 0 Å². The predicted molar refractivity (Wildman–Crippen MR) is 84.6 cm³/mol. The third-order valence-corrected chi connectivity index (χ3v) is 4.69. The lowest BCUT2D eigenvalue weighted by Crippen LogP contribution is -2.43. The third kappa shape index (κ3) is 2.85. The largest absolute Gasteiger partial charge is 0.308 e. The Balaban J connectivity index is 1.70. The van der Waals surface area contributed by atoms with Crippen molar-refractivity contribution in [1.29, 1.82) is 0 Å². The maximum Gasteiger partial charge on any atom is 0.0705 e. The molecule has 2 aromatic rings. The molecule has 0 aliphatic heterocycles. The fraction of sp³-hybridized carbons (Fsp3) is 0.500. The van der Waals surface area contributed by atoms with Crippen LogP contribution in [0.15, 0.2) is 36.4 Å². The minimum Gasteiger partial charge on any atom is -0.308 e. The molecule has 1 aromatic carbocycles. The lowest BCUT2D eigenvalue weighted by Gasteiger charge is -2.39. The Morgan fingerprint density at radius 2 is 2.00 bits per heavy atom. The van der Waals surface area contributed by atoms with E-state index in [0.717, 1.165) is 17.8 Å². The number of rotatable bonds is 3. The molecule has 1 heterocycles. The Morgan fingerprint density at radius 3 is 2.85 bits per heavy atom. The van der Waals surface area contributed by atoms with Gasteiger partial charge in [-0.3, -0.25) is 4.98 Å². The highest BCUT2D eigenvalue weighted by Gasteiger charge is 2.31. The average molecular weight is 268 g/mol. The fourth-order valence-corrected chi connectivity index (χ4v) is 3.31. The summed E-state index contributed by atoms with van der Waals surface area (Å²) in [6.07, 6.45) is 5.35. The summed E-state index contributed by atoms with van der Waals surface area (Å²) in [6, 6.07) is 13.2. The molecule has 1 aromatic heterocycles. The fourth-order valence-electron chi connectivity index (χ4n) is 3.31. The van der Waals surface area contributed by atoms with Gasteiger partial charge in [-0.2, -0.15) is 0 Å². The Kier molecular flexibility index (Phi) is 3.75. The number of aromatic nitrogens is 1. The second-order valence-corrected chi connectivity index (χ2v) is 6.66. The molecule has 0 spiro atoms. The van der Waals surface area contributed by atoms with E-state index in [1.807, 2.05) is 0 Å². The Hall–Kier alpha value is -1.41. The van der Waals surface area contributed by atoms with Crippen LogP contribution in [0.1, 0.15) is 45.2 Å². The summed E-state index contributed by atoms with van der Waals surface area (Å²) in [5.41, 5.74) is 2.65. The first-order valence-electron chi connectivity index (χ1n) is 7.73. The second kappa shape index (κ2) is 5.53. The van der Waals surface area contributed by atoms with E-state index in [1.165, 1.54) is 31.1 Å². The van der Waals surface area contributed by atoms with Crippen LogP contribution in [0.3, 0.4) is 0 Å². The van der Waals surface area contributed by atoms with Crippen LogP contribution >= 0.6 is 0 Å². The molecule has 20 heavy (non-hydrogen) atoms. The van der Waals surface area contributed by atoms with E-state index in [-0.39, 0.29) is 0 Å². The number of para-hydroxylation sites is 1. The molecule has 0 saturated heterocycles. The molecule has 1 unspecified atom stereocenters. The minimum atomic E-state index is 0.412. The van der Waals surface area contributed by atoms with Gasteiger partial charge >= 0.3 is 0 Å². The van der Waals surface area contributed by atoms with Gasteiger partial charge in [0, 0.05) is 18.0 Å². The Labute approximate surface area is 121 Å². The van der Waals surface area contributed by atoms with Crippen LogP contribution in [0, 0.1) is 5.41 Å². The summed E-state index contributed by atoms with van der Waals surface area (Å²) in [6.45, 7) is 5.65. The SMILES string of the molecule is CC1(C)CCCCC1NCc1ccc2ccccc2n1. The van der Waals surface area contributed by atoms with Crippen molar-refractivity contribution < 1.29 is 0 Å². The van der Waals surface area contributed by atoms with Gasteiger partial charge in [0.2, 0.25) is 0 Å². The van der Waals surface area contributed by atoms with E-state index < -0.39 is 0 Å². The average Bonchev–Trinajstić information content (AvgIpc) is 2.45. The second-order valence-electron chi connectivity index (χ2n) is 6.66. The molecular formula is C18H24N2. The summed E-state index contributed by atoms with van der Waals surface area (Å²) in [4.78, 5) is 4.74. The van der Waals surface area contributed by atoms with Crippen LogP contribution in [-0.4, -0.2) is 11.0 Å². The molecule has 2 nitrogen and oxygen atoms in total. The summed E-state index contributed by atoms with van der Waals surface area (Å²) in [7, 11) is 0. The third-order valence-electron chi connectivity index (χ3n) is 4.69. The van der Waals surface area contributed by atoms with Crippen molar-refractivity contribution in [3.8, 4) is 0 Å². The first-order chi connectivity index (χ1) is 9.65. The van der Waals surface area contributed by atoms with Gasteiger partial charge in [-0.1, -0.05) is 51.0 Å². The van der Waals surface area contributed by atoms with E-state index in [0.29, 0.717) is 11.5 Å². The summed E-state index contributed by atoms with van der Waals surface area (Å²) >= 11 is 0. The van der Waals surface area contributed by atoms with Crippen molar-refractivity contribution in [2.75, 3.05) is 0 Å². The van der Waals surface area contributed by atoms with Crippen molar-refractivity contribution in [3.05, 3.63) is 42.1 Å². The first kappa shape index (κ1) is 13.6. The molecule has 0 bridgehead atoms. The molecule has 1 aliphatic carbocycles. The number of hydrogen-bond donors (Lipinski definition) is 1. The van der Waals surface area contributed by atoms with Crippen LogP contribution in [0.4, 0.5) is 0 Å². The van der Waals surface area contributed by atoms with Crippen molar-refractivity contribution >= 4 is 10.9 Å². The zero-order chi connectivity index (χ0) is 14.0. The standard InChI is InChI=1S/C18H24N2/c1-18(2)12-6-5-9-17(18)19-13-15-11-10-14-7-3-4-8-16(14)20-15/h3-4,7-8,10-11,17,19H,5-6,9,12-13H2,1-2H3. The highest BCUT2D eigenvalue weighted by atomic mass is 14.9. The van der Waals surface area contributed by atoms with Crippen LogP contribution in [-0.2, 0) is 6.54 Å². The van der Waals surface area contributed by atoms with E-state index in [1.54, 1.807) is 0 Å². The van der Waals surface area contributed by atoms with E-state index in [4.69, 9.17) is 4.98 Å². The smallest absolute Gasteiger partial charge is 0.0705 e. The molecular weight excluding hydrogens is 244 g/mol. The summed E-state index contributed by atoms with van der Waals surface area (Å²) in [5, 5.41) is 4.95. The predicted octanol–water partition coefficient (Wildman–Crippen LogP) is 4.29. The molecule has 3 rings (SSSR count). The molecule has 1 N–H and O–H groups in total. The maximum absolute atomic E-state index is 4.74. The maximum atomic E-state index is 4.74. The topological polar surface area (TPSA) is 24.9 Å². The Morgan fingerprint density at radius 1 is 1.15 bits per heavy atom. The van der Waals surface area contributed by atoms with Gasteiger partial charge in [-0.05, 0) is 30.4 Å². The number of fused-ring (bicyclic) bond motifs is 1. The number of pyridine rings is 1. The number of benzene rings is 1. The van der Waals surface area contributed by atoms with Gasteiger partial charge in [0.05, 0.1) is 11.2 Å². The number of nitrogens with zero attached hydrogens (tertiary/aromatic N) is 1. The number of hydrogen-bond acceptors (Lipinski definition) is 2. The molecule has 1 atom stereocenters. The first-order valence-corrected chi connectivity index (χ1v) is 7.73. The quantitative estimate of drug-likeness (QED) is 0.898. The summed E-state index contributed by atoms with van der Waals surface area (Å²) < 4.78 is 0. The van der Waals surface area contributed by atoms with Crippen LogP contribution in [0.25, 0.3) is 10.9 Å². The Bertz CT molecular complexity index is 589. The zero-order valence-electron chi connectivity index (χ0n) is 12.5.